The van der Waals surface area contributed by atoms with Gasteiger partial charge in [-0.2, -0.15) is 0 Å². The van der Waals surface area contributed by atoms with E-state index in [1.165, 1.54) is 28.8 Å². The van der Waals surface area contributed by atoms with E-state index in [1.54, 1.807) is 0 Å². The van der Waals surface area contributed by atoms with Crippen molar-refractivity contribution in [1.29, 1.82) is 0 Å². The third-order valence-electron chi connectivity index (χ3n) is 4.06. The van der Waals surface area contributed by atoms with Gasteiger partial charge in [0.15, 0.2) is 0 Å². The summed E-state index contributed by atoms with van der Waals surface area (Å²) in [5.41, 5.74) is 1.69. The van der Waals surface area contributed by atoms with Crippen LogP contribution in [-0.2, 0) is 13.0 Å². The van der Waals surface area contributed by atoms with Gasteiger partial charge in [0.2, 0.25) is 5.56 Å². The van der Waals surface area contributed by atoms with Crippen LogP contribution in [0.3, 0.4) is 0 Å². The molecule has 0 saturated heterocycles. The van der Waals surface area contributed by atoms with E-state index >= 15 is 0 Å². The Morgan fingerprint density at radius 2 is 2.32 bits per heavy atom. The zero-order valence-corrected chi connectivity index (χ0v) is 13.3. The highest BCUT2D eigenvalue weighted by Gasteiger charge is 2.21. The van der Waals surface area contributed by atoms with E-state index in [1.807, 2.05) is 11.3 Å². The average molecular weight is 317 g/mol. The number of carbonyl (C=O) groups is 1. The summed E-state index contributed by atoms with van der Waals surface area (Å²) < 4.78 is 0. The number of carbonyl (C=O) groups excluding carboxylic acids is 1. The maximum Gasteiger partial charge on any atom is 0.252 e. The van der Waals surface area contributed by atoms with Gasteiger partial charge in [-0.1, -0.05) is 0 Å². The zero-order chi connectivity index (χ0) is 15.5. The number of aromatic nitrogens is 1. The Bertz CT molecular complexity index is 702. The van der Waals surface area contributed by atoms with Crippen molar-refractivity contribution in [2.75, 3.05) is 13.1 Å². The zero-order valence-electron chi connectivity index (χ0n) is 12.5. The summed E-state index contributed by atoms with van der Waals surface area (Å²) in [6.45, 7) is 4.71. The molecule has 2 aromatic heterocycles. The molecular formula is C16H19N3O2S. The minimum Gasteiger partial charge on any atom is -0.350 e. The number of nitrogens with zero attached hydrogens (tertiary/aromatic N) is 1. The summed E-state index contributed by atoms with van der Waals surface area (Å²) in [5.74, 6) is -0.156. The molecule has 0 aliphatic carbocycles. The second kappa shape index (κ2) is 6.46. The van der Waals surface area contributed by atoms with Gasteiger partial charge in [-0.05, 0) is 36.4 Å². The fourth-order valence-electron chi connectivity index (χ4n) is 2.67. The summed E-state index contributed by atoms with van der Waals surface area (Å²) in [6, 6.07) is 5.37. The van der Waals surface area contributed by atoms with Crippen LogP contribution in [0.5, 0.6) is 0 Å². The van der Waals surface area contributed by atoms with Crippen molar-refractivity contribution >= 4 is 17.2 Å². The highest BCUT2D eigenvalue weighted by molar-refractivity contribution is 7.10. The lowest BCUT2D eigenvalue weighted by Gasteiger charge is -2.32. The van der Waals surface area contributed by atoms with Crippen LogP contribution in [0, 0.1) is 0 Å². The Balaban J connectivity index is 1.54. The molecule has 1 aliphatic heterocycles. The Morgan fingerprint density at radius 1 is 1.45 bits per heavy atom. The van der Waals surface area contributed by atoms with Crippen LogP contribution in [0.2, 0.25) is 0 Å². The molecule has 1 aliphatic rings. The van der Waals surface area contributed by atoms with Gasteiger partial charge in [0, 0.05) is 42.8 Å². The van der Waals surface area contributed by atoms with Gasteiger partial charge in [0.25, 0.3) is 5.91 Å². The first-order valence-corrected chi connectivity index (χ1v) is 8.27. The number of pyridine rings is 1. The van der Waals surface area contributed by atoms with Gasteiger partial charge in [0.05, 0.1) is 5.56 Å². The highest BCUT2D eigenvalue weighted by Crippen LogP contribution is 2.24. The van der Waals surface area contributed by atoms with Crippen LogP contribution >= 0.6 is 11.3 Å². The van der Waals surface area contributed by atoms with Crippen LogP contribution < -0.4 is 10.9 Å². The molecule has 0 spiro atoms. The number of nitrogens with one attached hydrogen (secondary N) is 2. The molecule has 0 radical (unpaired) electrons. The smallest absolute Gasteiger partial charge is 0.252 e. The van der Waals surface area contributed by atoms with Crippen molar-refractivity contribution in [1.82, 2.24) is 15.2 Å². The molecular weight excluding hydrogens is 298 g/mol. The average Bonchev–Trinajstić information content (AvgIpc) is 3.00. The molecule has 3 heterocycles. The summed E-state index contributed by atoms with van der Waals surface area (Å²) >= 11 is 1.83. The van der Waals surface area contributed by atoms with Gasteiger partial charge < -0.3 is 10.3 Å². The number of thiophene rings is 1. The van der Waals surface area contributed by atoms with Gasteiger partial charge in [-0.3, -0.25) is 14.5 Å². The first-order valence-electron chi connectivity index (χ1n) is 7.40. The fraction of sp³-hybridized carbons (Fsp3) is 0.375. The molecule has 0 aromatic carbocycles. The second-order valence-corrected chi connectivity index (χ2v) is 6.59. The van der Waals surface area contributed by atoms with Crippen molar-refractivity contribution in [3.05, 3.63) is 56.1 Å². The number of aromatic amines is 1. The predicted molar refractivity (Wildman–Crippen MR) is 87.3 cm³/mol. The molecule has 116 valence electrons. The summed E-state index contributed by atoms with van der Waals surface area (Å²) in [7, 11) is 0. The molecule has 1 atom stereocenters. The number of fused-ring (bicyclic) bond motifs is 1. The van der Waals surface area contributed by atoms with E-state index in [4.69, 9.17) is 0 Å². The second-order valence-electron chi connectivity index (χ2n) is 5.59. The maximum atomic E-state index is 12.1. The van der Waals surface area contributed by atoms with E-state index in [0.717, 1.165) is 19.5 Å². The molecule has 0 bridgehead atoms. The van der Waals surface area contributed by atoms with Gasteiger partial charge in [-0.15, -0.1) is 11.3 Å². The van der Waals surface area contributed by atoms with E-state index in [2.05, 4.69) is 33.6 Å². The topological polar surface area (TPSA) is 65.2 Å². The van der Waals surface area contributed by atoms with Crippen molar-refractivity contribution < 1.29 is 4.79 Å². The van der Waals surface area contributed by atoms with Gasteiger partial charge in [-0.25, -0.2) is 0 Å². The molecule has 1 unspecified atom stereocenters. The summed E-state index contributed by atoms with van der Waals surface area (Å²) in [6.07, 6.45) is 2.53. The first kappa shape index (κ1) is 15.0. The molecule has 22 heavy (non-hydrogen) atoms. The number of amides is 1. The Morgan fingerprint density at radius 3 is 3.09 bits per heavy atom. The minimum atomic E-state index is -0.204. The van der Waals surface area contributed by atoms with Crippen molar-refractivity contribution in [3.8, 4) is 0 Å². The van der Waals surface area contributed by atoms with Crippen LogP contribution in [0.15, 0.2) is 34.6 Å². The molecule has 2 N–H and O–H groups in total. The molecule has 3 rings (SSSR count). The monoisotopic (exact) mass is 317 g/mol. The Labute approximate surface area is 133 Å². The lowest BCUT2D eigenvalue weighted by Crippen LogP contribution is -2.44. The van der Waals surface area contributed by atoms with Gasteiger partial charge in [0.1, 0.15) is 0 Å². The van der Waals surface area contributed by atoms with Crippen LogP contribution in [0.1, 0.15) is 27.7 Å². The normalized spacial score (nSPS) is 16.0. The molecule has 0 fully saturated rings. The molecule has 5 nitrogen and oxygen atoms in total. The Hall–Kier alpha value is -1.92. The first-order chi connectivity index (χ1) is 10.6. The van der Waals surface area contributed by atoms with E-state index in [-0.39, 0.29) is 17.5 Å². The Kier molecular flexibility index (Phi) is 4.40. The largest absolute Gasteiger partial charge is 0.350 e. The van der Waals surface area contributed by atoms with Crippen molar-refractivity contribution in [2.24, 2.45) is 0 Å². The maximum absolute atomic E-state index is 12.1. The standard InChI is InChI=1S/C16H19N3O2S/c1-11(19-6-4-14-13(10-19)5-7-22-14)8-18-16(21)12-2-3-15(20)17-9-12/h2-3,5,7,9,11H,4,6,8,10H2,1H3,(H,17,20)(H,18,21). The number of rotatable bonds is 4. The lowest BCUT2D eigenvalue weighted by atomic mass is 10.1. The highest BCUT2D eigenvalue weighted by atomic mass is 32.1. The van der Waals surface area contributed by atoms with Crippen molar-refractivity contribution in [2.45, 2.75) is 25.9 Å². The fourth-order valence-corrected chi connectivity index (χ4v) is 3.56. The third kappa shape index (κ3) is 3.28. The van der Waals surface area contributed by atoms with Crippen molar-refractivity contribution in [3.63, 3.8) is 0 Å². The van der Waals surface area contributed by atoms with Crippen LogP contribution in [0.4, 0.5) is 0 Å². The van der Waals surface area contributed by atoms with Crippen LogP contribution in [-0.4, -0.2) is 34.9 Å². The predicted octanol–water partition coefficient (Wildman–Crippen LogP) is 1.61. The number of H-pyrrole nitrogens is 1. The SMILES string of the molecule is CC(CNC(=O)c1ccc(=O)[nH]c1)N1CCc2sccc2C1. The lowest BCUT2D eigenvalue weighted by molar-refractivity contribution is 0.0932. The van der Waals surface area contributed by atoms with E-state index < -0.39 is 0 Å². The quantitative estimate of drug-likeness (QED) is 0.900. The van der Waals surface area contributed by atoms with E-state index in [9.17, 15) is 9.59 Å². The summed E-state index contributed by atoms with van der Waals surface area (Å²) in [5, 5.41) is 5.08. The van der Waals surface area contributed by atoms with E-state index in [0.29, 0.717) is 12.1 Å². The van der Waals surface area contributed by atoms with Crippen LogP contribution in [0.25, 0.3) is 0 Å². The molecule has 0 saturated carbocycles. The molecule has 2 aromatic rings. The molecule has 6 heteroatoms. The minimum absolute atomic E-state index is 0.156. The van der Waals surface area contributed by atoms with Gasteiger partial charge >= 0.3 is 0 Å². The third-order valence-corrected chi connectivity index (χ3v) is 5.09. The molecule has 1 amide bonds. The summed E-state index contributed by atoms with van der Waals surface area (Å²) in [4.78, 5) is 29.4. The number of hydrogen-bond donors (Lipinski definition) is 2. The number of hydrogen-bond acceptors (Lipinski definition) is 4.